The topological polar surface area (TPSA) is 41.8 Å². The fourth-order valence-corrected chi connectivity index (χ4v) is 7.37. The van der Waals surface area contributed by atoms with Gasteiger partial charge in [0, 0.05) is 11.8 Å². The van der Waals surface area contributed by atoms with Crippen molar-refractivity contribution in [2.45, 2.75) is 71.3 Å². The number of allylic oxidation sites excluding steroid dienone is 1. The molecule has 3 nitrogen and oxygen atoms in total. The third-order valence-corrected chi connectivity index (χ3v) is 8.97. The summed E-state index contributed by atoms with van der Waals surface area (Å²) >= 11 is 0. The minimum Gasteiger partial charge on any atom is -0.490 e. The summed E-state index contributed by atoms with van der Waals surface area (Å²) in [4.78, 5) is 0. The van der Waals surface area contributed by atoms with Gasteiger partial charge < -0.3 is 9.94 Å². The van der Waals surface area contributed by atoms with E-state index >= 15 is 0 Å². The van der Waals surface area contributed by atoms with Crippen LogP contribution in [0.3, 0.4) is 0 Å². The first-order chi connectivity index (χ1) is 13.5. The van der Waals surface area contributed by atoms with Gasteiger partial charge in [-0.3, -0.25) is 0 Å². The molecule has 1 aromatic carbocycles. The molecule has 0 spiro atoms. The molecule has 3 saturated carbocycles. The third-order valence-electron chi connectivity index (χ3n) is 8.97. The monoisotopic (exact) mass is 379 g/mol. The maximum atomic E-state index is 9.52. The third kappa shape index (κ3) is 2.65. The van der Waals surface area contributed by atoms with Crippen LogP contribution in [-0.2, 0) is 0 Å². The van der Waals surface area contributed by atoms with Crippen molar-refractivity contribution in [1.29, 1.82) is 0 Å². The standard InChI is InChI=1S/C25H33NO2/c1-24-14-12-19(28-18-6-4-3-5-7-18)16-17(24)8-9-20-21-10-11-23(26-27)25(21,2)15-13-22(20)24/h3-8,19-22,27H,9-16H2,1-2H3/b26-23-/t19-,20?,21-,22-,24-,25-/m0/s1. The molecule has 28 heavy (non-hydrogen) atoms. The molecular weight excluding hydrogens is 346 g/mol. The molecule has 150 valence electrons. The Hall–Kier alpha value is -1.77. The maximum absolute atomic E-state index is 9.52. The second-order valence-corrected chi connectivity index (χ2v) is 10.1. The Kier molecular flexibility index (Phi) is 4.33. The molecule has 0 aliphatic heterocycles. The first-order valence-electron chi connectivity index (χ1n) is 11.2. The lowest BCUT2D eigenvalue weighted by molar-refractivity contribution is -0.0185. The van der Waals surface area contributed by atoms with Gasteiger partial charge in [0.25, 0.3) is 0 Å². The molecule has 0 heterocycles. The van der Waals surface area contributed by atoms with E-state index in [1.54, 1.807) is 5.57 Å². The number of rotatable bonds is 2. The second kappa shape index (κ2) is 6.64. The quantitative estimate of drug-likeness (QED) is 0.376. The van der Waals surface area contributed by atoms with Crippen LogP contribution in [0.2, 0.25) is 0 Å². The summed E-state index contributed by atoms with van der Waals surface area (Å²) < 4.78 is 6.31. The average Bonchev–Trinajstić information content (AvgIpc) is 3.05. The SMILES string of the molecule is C[C@]12CC[C@H](Oc3ccccc3)CC1=CCC1[C@@H]2CC[C@]2(C)/C(=N\O)CC[C@@H]12. The van der Waals surface area contributed by atoms with Crippen LogP contribution in [0.1, 0.15) is 65.2 Å². The van der Waals surface area contributed by atoms with E-state index < -0.39 is 0 Å². The minimum atomic E-state index is 0.130. The van der Waals surface area contributed by atoms with E-state index in [4.69, 9.17) is 4.74 Å². The lowest BCUT2D eigenvalue weighted by Gasteiger charge is -2.57. The van der Waals surface area contributed by atoms with Crippen molar-refractivity contribution in [3.8, 4) is 5.75 Å². The van der Waals surface area contributed by atoms with Crippen LogP contribution in [0.4, 0.5) is 0 Å². The van der Waals surface area contributed by atoms with Crippen LogP contribution < -0.4 is 4.74 Å². The normalized spacial score (nSPS) is 43.6. The average molecular weight is 380 g/mol. The molecule has 0 amide bonds. The Morgan fingerprint density at radius 3 is 2.54 bits per heavy atom. The zero-order valence-corrected chi connectivity index (χ0v) is 17.2. The molecule has 0 aromatic heterocycles. The highest BCUT2D eigenvalue weighted by molar-refractivity contribution is 5.92. The highest BCUT2D eigenvalue weighted by atomic mass is 16.5. The number of hydrogen-bond acceptors (Lipinski definition) is 3. The maximum Gasteiger partial charge on any atom is 0.119 e. The Morgan fingerprint density at radius 1 is 1.00 bits per heavy atom. The highest BCUT2D eigenvalue weighted by Gasteiger charge is 2.58. The fraction of sp³-hybridized carbons (Fsp3) is 0.640. The van der Waals surface area contributed by atoms with E-state index in [1.165, 1.54) is 32.1 Å². The van der Waals surface area contributed by atoms with Crippen molar-refractivity contribution in [3.63, 3.8) is 0 Å². The van der Waals surface area contributed by atoms with Gasteiger partial charge in [-0.25, -0.2) is 0 Å². The number of ether oxygens (including phenoxy) is 1. The van der Waals surface area contributed by atoms with E-state index in [0.717, 1.165) is 42.6 Å². The molecule has 3 fully saturated rings. The number of para-hydroxylation sites is 1. The van der Waals surface area contributed by atoms with E-state index in [2.05, 4.69) is 49.3 Å². The number of oxime groups is 1. The zero-order chi connectivity index (χ0) is 19.4. The Morgan fingerprint density at radius 2 is 1.75 bits per heavy atom. The van der Waals surface area contributed by atoms with Gasteiger partial charge in [-0.15, -0.1) is 0 Å². The van der Waals surface area contributed by atoms with Crippen molar-refractivity contribution in [3.05, 3.63) is 42.0 Å². The second-order valence-electron chi connectivity index (χ2n) is 10.1. The van der Waals surface area contributed by atoms with E-state index in [0.29, 0.717) is 17.4 Å². The van der Waals surface area contributed by atoms with E-state index in [9.17, 15) is 5.21 Å². The van der Waals surface area contributed by atoms with Crippen molar-refractivity contribution in [1.82, 2.24) is 0 Å². The Labute approximate surface area is 168 Å². The van der Waals surface area contributed by atoms with Crippen LogP contribution in [0.25, 0.3) is 0 Å². The molecule has 0 bridgehead atoms. The van der Waals surface area contributed by atoms with Crippen molar-refractivity contribution in [2.24, 2.45) is 33.7 Å². The molecule has 4 aliphatic rings. The summed E-state index contributed by atoms with van der Waals surface area (Å²) in [7, 11) is 0. The van der Waals surface area contributed by atoms with Gasteiger partial charge in [-0.1, -0.05) is 48.9 Å². The number of fused-ring (bicyclic) bond motifs is 5. The first-order valence-corrected chi connectivity index (χ1v) is 11.2. The fourth-order valence-electron chi connectivity index (χ4n) is 7.37. The van der Waals surface area contributed by atoms with Gasteiger partial charge >= 0.3 is 0 Å². The van der Waals surface area contributed by atoms with Crippen LogP contribution in [0.15, 0.2) is 47.1 Å². The van der Waals surface area contributed by atoms with Crippen LogP contribution in [0.5, 0.6) is 5.75 Å². The largest absolute Gasteiger partial charge is 0.490 e. The molecule has 5 rings (SSSR count). The zero-order valence-electron chi connectivity index (χ0n) is 17.2. The van der Waals surface area contributed by atoms with Gasteiger partial charge in [0.2, 0.25) is 0 Å². The molecule has 6 atom stereocenters. The highest BCUT2D eigenvalue weighted by Crippen LogP contribution is 2.64. The lowest BCUT2D eigenvalue weighted by Crippen LogP contribution is -2.50. The smallest absolute Gasteiger partial charge is 0.119 e. The number of hydrogen-bond donors (Lipinski definition) is 1. The summed E-state index contributed by atoms with van der Waals surface area (Å²) in [6.07, 6.45) is 12.2. The summed E-state index contributed by atoms with van der Waals surface area (Å²) in [6.45, 7) is 4.90. The van der Waals surface area contributed by atoms with Crippen LogP contribution >= 0.6 is 0 Å². The molecule has 1 aromatic rings. The van der Waals surface area contributed by atoms with E-state index in [-0.39, 0.29) is 5.41 Å². The molecule has 3 heteroatoms. The van der Waals surface area contributed by atoms with E-state index in [1.807, 2.05) is 6.07 Å². The van der Waals surface area contributed by atoms with Gasteiger partial charge in [0.15, 0.2) is 0 Å². The minimum absolute atomic E-state index is 0.130. The number of benzene rings is 1. The van der Waals surface area contributed by atoms with Crippen molar-refractivity contribution in [2.75, 3.05) is 0 Å². The predicted molar refractivity (Wildman–Crippen MR) is 112 cm³/mol. The molecule has 1 N–H and O–H groups in total. The number of nitrogens with zero attached hydrogens (tertiary/aromatic N) is 1. The summed E-state index contributed by atoms with van der Waals surface area (Å²) in [6, 6.07) is 10.3. The summed E-state index contributed by atoms with van der Waals surface area (Å²) in [5.41, 5.74) is 3.18. The first kappa shape index (κ1) is 18.3. The van der Waals surface area contributed by atoms with Gasteiger partial charge in [-0.05, 0) is 80.2 Å². The van der Waals surface area contributed by atoms with Gasteiger partial charge in [0.1, 0.15) is 11.9 Å². The molecule has 4 aliphatic carbocycles. The Bertz CT molecular complexity index is 800. The predicted octanol–water partition coefficient (Wildman–Crippen LogP) is 6.23. The van der Waals surface area contributed by atoms with Crippen molar-refractivity contribution >= 4 is 5.71 Å². The lowest BCUT2D eigenvalue weighted by atomic mass is 9.48. The molecule has 1 unspecified atom stereocenters. The summed E-state index contributed by atoms with van der Waals surface area (Å²) in [5.74, 6) is 3.21. The molecular formula is C25H33NO2. The van der Waals surface area contributed by atoms with Crippen LogP contribution in [-0.4, -0.2) is 17.0 Å². The van der Waals surface area contributed by atoms with Crippen molar-refractivity contribution < 1.29 is 9.94 Å². The van der Waals surface area contributed by atoms with Gasteiger partial charge in [-0.2, -0.15) is 0 Å². The molecule has 0 radical (unpaired) electrons. The molecule has 0 saturated heterocycles. The summed E-state index contributed by atoms with van der Waals surface area (Å²) in [5, 5.41) is 13.2. The van der Waals surface area contributed by atoms with Gasteiger partial charge in [0.05, 0.1) is 5.71 Å². The van der Waals surface area contributed by atoms with Crippen LogP contribution in [0, 0.1) is 28.6 Å². The Balaban J connectivity index is 1.37.